The molecule has 0 unspecified atom stereocenters. The Labute approximate surface area is 120 Å². The first-order valence-electron chi connectivity index (χ1n) is 6.88. The number of nitrogen functional groups attached to an aromatic ring is 1. The standard InChI is InChI=1S/C15H15N3O3/c16-9-2-3-11-10(8-9)14(18-17-11)12-4-5-13(21-12)15-19-6-1-7-20-15/h2-5,8,15H,1,6-7,16H2,(H,17,18). The molecule has 3 heterocycles. The second-order valence-corrected chi connectivity index (χ2v) is 5.01. The van der Waals surface area contributed by atoms with Gasteiger partial charge in [0.2, 0.25) is 6.29 Å². The number of rotatable bonds is 2. The highest BCUT2D eigenvalue weighted by Gasteiger charge is 2.21. The zero-order chi connectivity index (χ0) is 14.2. The van der Waals surface area contributed by atoms with Crippen LogP contribution in [-0.2, 0) is 9.47 Å². The Kier molecular flexibility index (Phi) is 2.90. The summed E-state index contributed by atoms with van der Waals surface area (Å²) in [7, 11) is 0. The number of anilines is 1. The summed E-state index contributed by atoms with van der Waals surface area (Å²) in [5.41, 5.74) is 8.18. The van der Waals surface area contributed by atoms with Gasteiger partial charge in [-0.05, 0) is 36.8 Å². The maximum absolute atomic E-state index is 5.84. The van der Waals surface area contributed by atoms with Crippen molar-refractivity contribution in [1.82, 2.24) is 10.2 Å². The molecule has 1 aliphatic heterocycles. The fourth-order valence-corrected chi connectivity index (χ4v) is 2.48. The number of hydrogen-bond donors (Lipinski definition) is 2. The van der Waals surface area contributed by atoms with E-state index in [1.807, 2.05) is 30.3 Å². The number of aromatic amines is 1. The van der Waals surface area contributed by atoms with Crippen LogP contribution in [0.1, 0.15) is 18.5 Å². The van der Waals surface area contributed by atoms with Crippen LogP contribution in [0.5, 0.6) is 0 Å². The normalized spacial score (nSPS) is 16.6. The van der Waals surface area contributed by atoms with Crippen LogP contribution in [0.2, 0.25) is 0 Å². The minimum absolute atomic E-state index is 0.428. The van der Waals surface area contributed by atoms with Crippen LogP contribution in [0.3, 0.4) is 0 Å². The van der Waals surface area contributed by atoms with Crippen molar-refractivity contribution >= 4 is 16.6 Å². The van der Waals surface area contributed by atoms with E-state index in [-0.39, 0.29) is 0 Å². The molecule has 4 rings (SSSR count). The molecule has 1 aromatic carbocycles. The SMILES string of the molecule is Nc1ccc2[nH]nc(-c3ccc(C4OCCCO4)o3)c2c1. The number of aromatic nitrogens is 2. The van der Waals surface area contributed by atoms with Crippen molar-refractivity contribution < 1.29 is 13.9 Å². The fraction of sp³-hybridized carbons (Fsp3) is 0.267. The fourth-order valence-electron chi connectivity index (χ4n) is 2.48. The molecule has 1 fully saturated rings. The number of fused-ring (bicyclic) bond motifs is 1. The predicted molar refractivity (Wildman–Crippen MR) is 77.5 cm³/mol. The molecule has 0 saturated carbocycles. The largest absolute Gasteiger partial charge is 0.454 e. The average molecular weight is 285 g/mol. The molecule has 3 aromatic rings. The van der Waals surface area contributed by atoms with Crippen molar-refractivity contribution in [2.75, 3.05) is 18.9 Å². The minimum Gasteiger partial charge on any atom is -0.454 e. The van der Waals surface area contributed by atoms with Crippen LogP contribution in [0.25, 0.3) is 22.4 Å². The molecule has 0 radical (unpaired) electrons. The molecule has 108 valence electrons. The number of hydrogen-bond acceptors (Lipinski definition) is 5. The first kappa shape index (κ1) is 12.4. The van der Waals surface area contributed by atoms with Gasteiger partial charge in [0.15, 0.2) is 11.5 Å². The lowest BCUT2D eigenvalue weighted by Crippen LogP contribution is -2.17. The lowest BCUT2D eigenvalue weighted by molar-refractivity contribution is -0.191. The van der Waals surface area contributed by atoms with Crippen molar-refractivity contribution in [1.29, 1.82) is 0 Å². The van der Waals surface area contributed by atoms with Gasteiger partial charge in [-0.1, -0.05) is 0 Å². The molecule has 1 saturated heterocycles. The lowest BCUT2D eigenvalue weighted by atomic mass is 10.1. The number of nitrogens with one attached hydrogen (secondary N) is 1. The van der Waals surface area contributed by atoms with E-state index in [4.69, 9.17) is 19.6 Å². The summed E-state index contributed by atoms with van der Waals surface area (Å²) in [6.45, 7) is 1.37. The number of nitrogens with two attached hydrogens (primary N) is 1. The van der Waals surface area contributed by atoms with Gasteiger partial charge in [0.05, 0.1) is 18.7 Å². The molecule has 6 nitrogen and oxygen atoms in total. The summed E-state index contributed by atoms with van der Waals surface area (Å²) in [5, 5.41) is 8.22. The van der Waals surface area contributed by atoms with E-state index in [1.54, 1.807) is 0 Å². The van der Waals surface area contributed by atoms with Crippen molar-refractivity contribution in [3.05, 3.63) is 36.1 Å². The van der Waals surface area contributed by atoms with E-state index < -0.39 is 6.29 Å². The van der Waals surface area contributed by atoms with Gasteiger partial charge >= 0.3 is 0 Å². The van der Waals surface area contributed by atoms with E-state index in [0.29, 0.717) is 30.4 Å². The molecule has 0 bridgehead atoms. The topological polar surface area (TPSA) is 86.3 Å². The second kappa shape index (κ2) is 4.91. The summed E-state index contributed by atoms with van der Waals surface area (Å²) < 4.78 is 16.9. The quantitative estimate of drug-likeness (QED) is 0.707. The van der Waals surface area contributed by atoms with Crippen molar-refractivity contribution in [2.24, 2.45) is 0 Å². The van der Waals surface area contributed by atoms with E-state index in [9.17, 15) is 0 Å². The Morgan fingerprint density at radius 3 is 2.86 bits per heavy atom. The first-order valence-corrected chi connectivity index (χ1v) is 6.88. The Hall–Kier alpha value is -2.31. The Morgan fingerprint density at radius 2 is 2.00 bits per heavy atom. The maximum Gasteiger partial charge on any atom is 0.217 e. The molecule has 21 heavy (non-hydrogen) atoms. The molecule has 6 heteroatoms. The molecule has 0 atom stereocenters. The number of nitrogens with zero attached hydrogens (tertiary/aromatic N) is 1. The van der Waals surface area contributed by atoms with Crippen molar-refractivity contribution in [3.63, 3.8) is 0 Å². The van der Waals surface area contributed by atoms with Crippen LogP contribution in [-0.4, -0.2) is 23.4 Å². The number of H-pyrrole nitrogens is 1. The predicted octanol–water partition coefficient (Wildman–Crippen LogP) is 2.84. The van der Waals surface area contributed by atoms with Crippen LogP contribution < -0.4 is 5.73 Å². The summed E-state index contributed by atoms with van der Waals surface area (Å²) in [6.07, 6.45) is 0.482. The molecule has 1 aliphatic rings. The highest BCUT2D eigenvalue weighted by molar-refractivity contribution is 5.93. The summed E-state index contributed by atoms with van der Waals surface area (Å²) in [5.74, 6) is 1.32. The van der Waals surface area contributed by atoms with Crippen LogP contribution in [0.15, 0.2) is 34.7 Å². The summed E-state index contributed by atoms with van der Waals surface area (Å²) >= 11 is 0. The van der Waals surface area contributed by atoms with Crippen LogP contribution in [0.4, 0.5) is 5.69 Å². The molecule has 0 amide bonds. The first-order chi connectivity index (χ1) is 10.3. The zero-order valence-electron chi connectivity index (χ0n) is 11.3. The molecular weight excluding hydrogens is 270 g/mol. The van der Waals surface area contributed by atoms with Crippen LogP contribution in [0, 0.1) is 0 Å². The van der Waals surface area contributed by atoms with Gasteiger partial charge in [0.25, 0.3) is 0 Å². The molecule has 0 aliphatic carbocycles. The van der Waals surface area contributed by atoms with Crippen LogP contribution >= 0.6 is 0 Å². The van der Waals surface area contributed by atoms with Gasteiger partial charge in [-0.25, -0.2) is 0 Å². The zero-order valence-corrected chi connectivity index (χ0v) is 11.3. The van der Waals surface area contributed by atoms with E-state index in [0.717, 1.165) is 23.0 Å². The van der Waals surface area contributed by atoms with Gasteiger partial charge in [0, 0.05) is 11.1 Å². The van der Waals surface area contributed by atoms with E-state index >= 15 is 0 Å². The number of ether oxygens (including phenoxy) is 2. The van der Waals surface area contributed by atoms with E-state index in [2.05, 4.69) is 10.2 Å². The highest BCUT2D eigenvalue weighted by Crippen LogP contribution is 2.32. The Bertz CT molecular complexity index is 771. The third-order valence-corrected chi connectivity index (χ3v) is 3.51. The summed E-state index contributed by atoms with van der Waals surface area (Å²) in [6, 6.07) is 9.34. The number of furan rings is 1. The molecule has 3 N–H and O–H groups in total. The van der Waals surface area contributed by atoms with Gasteiger partial charge < -0.3 is 19.6 Å². The Morgan fingerprint density at radius 1 is 1.14 bits per heavy atom. The van der Waals surface area contributed by atoms with Crippen molar-refractivity contribution in [3.8, 4) is 11.5 Å². The smallest absolute Gasteiger partial charge is 0.217 e. The second-order valence-electron chi connectivity index (χ2n) is 5.01. The average Bonchev–Trinajstić information content (AvgIpc) is 3.14. The Balaban J connectivity index is 1.72. The third-order valence-electron chi connectivity index (χ3n) is 3.51. The highest BCUT2D eigenvalue weighted by atomic mass is 16.7. The monoisotopic (exact) mass is 285 g/mol. The van der Waals surface area contributed by atoms with E-state index in [1.165, 1.54) is 0 Å². The lowest BCUT2D eigenvalue weighted by Gasteiger charge is -2.21. The number of benzene rings is 1. The maximum atomic E-state index is 5.84. The van der Waals surface area contributed by atoms with Gasteiger partial charge in [0.1, 0.15) is 5.69 Å². The summed E-state index contributed by atoms with van der Waals surface area (Å²) in [4.78, 5) is 0. The molecular formula is C15H15N3O3. The van der Waals surface area contributed by atoms with Crippen molar-refractivity contribution in [2.45, 2.75) is 12.7 Å². The van der Waals surface area contributed by atoms with Gasteiger partial charge in [-0.15, -0.1) is 0 Å². The van der Waals surface area contributed by atoms with Gasteiger partial charge in [-0.3, -0.25) is 5.10 Å². The van der Waals surface area contributed by atoms with Gasteiger partial charge in [-0.2, -0.15) is 5.10 Å². The minimum atomic E-state index is -0.428. The molecule has 0 spiro atoms. The molecule has 2 aromatic heterocycles. The third kappa shape index (κ3) is 2.18.